The molecular formula is C10H16N2S. The van der Waals surface area contributed by atoms with Gasteiger partial charge in [-0.3, -0.25) is 0 Å². The van der Waals surface area contributed by atoms with E-state index in [2.05, 4.69) is 24.0 Å². The van der Waals surface area contributed by atoms with Gasteiger partial charge in [0.25, 0.3) is 0 Å². The molecule has 0 aliphatic heterocycles. The summed E-state index contributed by atoms with van der Waals surface area (Å²) in [7, 11) is 0. The van der Waals surface area contributed by atoms with E-state index in [4.69, 9.17) is 5.73 Å². The number of aryl methyl sites for hydroxylation is 2. The maximum atomic E-state index is 5.67. The molecule has 1 rings (SSSR count). The van der Waals surface area contributed by atoms with Crippen molar-refractivity contribution in [3.05, 3.63) is 23.4 Å². The molecule has 13 heavy (non-hydrogen) atoms. The molecule has 3 heteroatoms. The molecule has 0 fully saturated rings. The summed E-state index contributed by atoms with van der Waals surface area (Å²) in [5.74, 6) is 0.926. The molecule has 1 aromatic rings. The average Bonchev–Trinajstić information content (AvgIpc) is 1.99. The summed E-state index contributed by atoms with van der Waals surface area (Å²) in [6, 6.07) is 4.41. The van der Waals surface area contributed by atoms with Crippen LogP contribution in [0.4, 0.5) is 0 Å². The molecule has 72 valence electrons. The number of nitrogens with zero attached hydrogens (tertiary/aromatic N) is 1. The largest absolute Gasteiger partial charge is 0.327 e. The first-order valence-electron chi connectivity index (χ1n) is 4.41. The Kier molecular flexibility index (Phi) is 3.75. The Balaban J connectivity index is 2.66. The van der Waals surface area contributed by atoms with Gasteiger partial charge < -0.3 is 5.73 Å². The molecule has 0 aliphatic rings. The van der Waals surface area contributed by atoms with Crippen molar-refractivity contribution in [3.63, 3.8) is 0 Å². The highest BCUT2D eigenvalue weighted by Crippen LogP contribution is 2.17. The van der Waals surface area contributed by atoms with E-state index in [1.165, 1.54) is 5.56 Å². The predicted molar refractivity (Wildman–Crippen MR) is 58.1 cm³/mol. The predicted octanol–water partition coefficient (Wildman–Crippen LogP) is 2.14. The fourth-order valence-corrected chi connectivity index (χ4v) is 2.01. The SMILES string of the molecule is Cc1cc(C)nc(SCC(C)N)c1. The van der Waals surface area contributed by atoms with E-state index in [0.717, 1.165) is 16.5 Å². The fraction of sp³-hybridized carbons (Fsp3) is 0.500. The van der Waals surface area contributed by atoms with Crippen LogP contribution in [0.15, 0.2) is 17.2 Å². The maximum absolute atomic E-state index is 5.67. The zero-order chi connectivity index (χ0) is 9.84. The summed E-state index contributed by atoms with van der Waals surface area (Å²) < 4.78 is 0. The van der Waals surface area contributed by atoms with Crippen molar-refractivity contribution < 1.29 is 0 Å². The monoisotopic (exact) mass is 196 g/mol. The Hall–Kier alpha value is -0.540. The highest BCUT2D eigenvalue weighted by atomic mass is 32.2. The van der Waals surface area contributed by atoms with Gasteiger partial charge >= 0.3 is 0 Å². The lowest BCUT2D eigenvalue weighted by atomic mass is 10.3. The number of pyridine rings is 1. The van der Waals surface area contributed by atoms with Crippen LogP contribution >= 0.6 is 11.8 Å². The minimum absolute atomic E-state index is 0.229. The molecule has 1 unspecified atom stereocenters. The van der Waals surface area contributed by atoms with Gasteiger partial charge in [-0.25, -0.2) is 4.98 Å². The van der Waals surface area contributed by atoms with Crippen LogP contribution in [0.2, 0.25) is 0 Å². The van der Waals surface area contributed by atoms with E-state index in [1.54, 1.807) is 11.8 Å². The highest BCUT2D eigenvalue weighted by Gasteiger charge is 2.00. The Morgan fingerprint density at radius 3 is 2.69 bits per heavy atom. The van der Waals surface area contributed by atoms with Gasteiger partial charge in [-0.1, -0.05) is 0 Å². The van der Waals surface area contributed by atoms with Gasteiger partial charge in [-0.2, -0.15) is 0 Å². The molecule has 1 heterocycles. The summed E-state index contributed by atoms with van der Waals surface area (Å²) >= 11 is 1.72. The van der Waals surface area contributed by atoms with Crippen LogP contribution in [0.25, 0.3) is 0 Å². The third-order valence-electron chi connectivity index (χ3n) is 1.57. The number of aromatic nitrogens is 1. The maximum Gasteiger partial charge on any atom is 0.0966 e. The smallest absolute Gasteiger partial charge is 0.0966 e. The number of hydrogen-bond acceptors (Lipinski definition) is 3. The van der Waals surface area contributed by atoms with Gasteiger partial charge in [0.1, 0.15) is 0 Å². The van der Waals surface area contributed by atoms with E-state index in [0.29, 0.717) is 0 Å². The fourth-order valence-electron chi connectivity index (χ4n) is 1.10. The second-order valence-corrected chi connectivity index (χ2v) is 4.45. The number of nitrogens with two attached hydrogens (primary N) is 1. The molecular weight excluding hydrogens is 180 g/mol. The molecule has 0 amide bonds. The van der Waals surface area contributed by atoms with Crippen LogP contribution in [0.3, 0.4) is 0 Å². The molecule has 0 aliphatic carbocycles. The molecule has 0 spiro atoms. The normalized spacial score (nSPS) is 12.9. The molecule has 0 saturated carbocycles. The number of rotatable bonds is 3. The number of thioether (sulfide) groups is 1. The minimum atomic E-state index is 0.229. The van der Waals surface area contributed by atoms with Crippen molar-refractivity contribution in [1.82, 2.24) is 4.98 Å². The van der Waals surface area contributed by atoms with Crippen LogP contribution in [0.1, 0.15) is 18.2 Å². The van der Waals surface area contributed by atoms with E-state index >= 15 is 0 Å². The molecule has 2 N–H and O–H groups in total. The summed E-state index contributed by atoms with van der Waals surface area (Å²) in [6.45, 7) is 6.11. The van der Waals surface area contributed by atoms with Crippen molar-refractivity contribution in [2.75, 3.05) is 5.75 Å². The minimum Gasteiger partial charge on any atom is -0.327 e. The summed E-state index contributed by atoms with van der Waals surface area (Å²) in [6.07, 6.45) is 0. The third-order valence-corrected chi connectivity index (χ3v) is 2.77. The zero-order valence-corrected chi connectivity index (χ0v) is 9.19. The Morgan fingerprint density at radius 1 is 1.46 bits per heavy atom. The molecule has 0 bridgehead atoms. The standard InChI is InChI=1S/C10H16N2S/c1-7-4-9(3)12-10(5-7)13-6-8(2)11/h4-5,8H,6,11H2,1-3H3. The summed E-state index contributed by atoms with van der Waals surface area (Å²) in [4.78, 5) is 4.41. The van der Waals surface area contributed by atoms with Crippen LogP contribution in [0.5, 0.6) is 0 Å². The molecule has 0 saturated heterocycles. The Morgan fingerprint density at radius 2 is 2.15 bits per heavy atom. The molecule has 1 aromatic heterocycles. The highest BCUT2D eigenvalue weighted by molar-refractivity contribution is 7.99. The van der Waals surface area contributed by atoms with Crippen molar-refractivity contribution in [2.45, 2.75) is 31.8 Å². The third kappa shape index (κ3) is 3.79. The van der Waals surface area contributed by atoms with Gasteiger partial charge in [0.2, 0.25) is 0 Å². The topological polar surface area (TPSA) is 38.9 Å². The van der Waals surface area contributed by atoms with Crippen molar-refractivity contribution >= 4 is 11.8 Å². The van der Waals surface area contributed by atoms with Crippen molar-refractivity contribution in [2.24, 2.45) is 5.73 Å². The van der Waals surface area contributed by atoms with E-state index in [9.17, 15) is 0 Å². The average molecular weight is 196 g/mol. The molecule has 2 nitrogen and oxygen atoms in total. The summed E-state index contributed by atoms with van der Waals surface area (Å²) in [5.41, 5.74) is 8.01. The van der Waals surface area contributed by atoms with Crippen molar-refractivity contribution in [3.8, 4) is 0 Å². The molecule has 1 atom stereocenters. The lowest BCUT2D eigenvalue weighted by molar-refractivity contribution is 0.845. The first-order valence-corrected chi connectivity index (χ1v) is 5.40. The Labute approximate surface area is 83.9 Å². The van der Waals surface area contributed by atoms with E-state index < -0.39 is 0 Å². The summed E-state index contributed by atoms with van der Waals surface area (Å²) in [5, 5.41) is 1.08. The lowest BCUT2D eigenvalue weighted by Crippen LogP contribution is -2.17. The second-order valence-electron chi connectivity index (χ2n) is 3.41. The Bertz CT molecular complexity index is 264. The van der Waals surface area contributed by atoms with Crippen molar-refractivity contribution in [1.29, 1.82) is 0 Å². The van der Waals surface area contributed by atoms with Gasteiger partial charge in [-0.15, -0.1) is 11.8 Å². The molecule has 0 aromatic carbocycles. The van der Waals surface area contributed by atoms with Gasteiger partial charge in [0.05, 0.1) is 5.03 Å². The zero-order valence-electron chi connectivity index (χ0n) is 8.37. The lowest BCUT2D eigenvalue weighted by Gasteiger charge is -2.05. The van der Waals surface area contributed by atoms with Gasteiger partial charge in [-0.05, 0) is 38.5 Å². The van der Waals surface area contributed by atoms with E-state index in [-0.39, 0.29) is 6.04 Å². The molecule has 0 radical (unpaired) electrons. The number of hydrogen-bond donors (Lipinski definition) is 1. The van der Waals surface area contributed by atoms with Gasteiger partial charge in [0.15, 0.2) is 0 Å². The first-order chi connectivity index (χ1) is 6.08. The van der Waals surface area contributed by atoms with Crippen LogP contribution < -0.4 is 5.73 Å². The first kappa shape index (κ1) is 10.5. The van der Waals surface area contributed by atoms with Gasteiger partial charge in [0, 0.05) is 17.5 Å². The van der Waals surface area contributed by atoms with Crippen LogP contribution in [-0.4, -0.2) is 16.8 Å². The quantitative estimate of drug-likeness (QED) is 0.753. The van der Waals surface area contributed by atoms with Crippen LogP contribution in [-0.2, 0) is 0 Å². The second kappa shape index (κ2) is 4.63. The van der Waals surface area contributed by atoms with Crippen LogP contribution in [0, 0.1) is 13.8 Å². The van der Waals surface area contributed by atoms with E-state index in [1.807, 2.05) is 13.8 Å².